The van der Waals surface area contributed by atoms with E-state index in [2.05, 4.69) is 39.9 Å². The van der Waals surface area contributed by atoms with E-state index in [4.69, 9.17) is 10.5 Å². The minimum atomic E-state index is -0.553. The van der Waals surface area contributed by atoms with Gasteiger partial charge in [-0.25, -0.2) is 9.78 Å². The molecule has 30 heavy (non-hydrogen) atoms. The third-order valence-corrected chi connectivity index (χ3v) is 4.49. The fourth-order valence-corrected chi connectivity index (χ4v) is 3.43. The first-order chi connectivity index (χ1) is 14.1. The molecule has 1 atom stereocenters. The summed E-state index contributed by atoms with van der Waals surface area (Å²) in [4.78, 5) is 17.7. The lowest BCUT2D eigenvalue weighted by Crippen LogP contribution is -2.43. The highest BCUT2D eigenvalue weighted by Gasteiger charge is 2.22. The normalized spacial score (nSPS) is 13.2. The second-order valence-corrected chi connectivity index (χ2v) is 8.65. The molecule has 7 nitrogen and oxygen atoms in total. The van der Waals surface area contributed by atoms with Crippen LogP contribution in [0.25, 0.3) is 11.1 Å². The second-order valence-electron chi connectivity index (χ2n) is 8.65. The number of amides is 1. The first kappa shape index (κ1) is 23.6. The number of benzene rings is 1. The molecule has 0 saturated carbocycles. The van der Waals surface area contributed by atoms with E-state index in [0.717, 1.165) is 35.4 Å². The smallest absolute Gasteiger partial charge is 0.412 e. The van der Waals surface area contributed by atoms with Gasteiger partial charge in [-0.3, -0.25) is 5.32 Å². The Kier molecular flexibility index (Phi) is 8.20. The lowest BCUT2D eigenvalue weighted by Gasteiger charge is -2.27. The highest BCUT2D eigenvalue weighted by atomic mass is 16.5. The summed E-state index contributed by atoms with van der Waals surface area (Å²) in [6, 6.07) is 9.79. The number of nitrogens with zero attached hydrogens (tertiary/aromatic N) is 2. The maximum absolute atomic E-state index is 11.5. The average Bonchev–Trinajstić information content (AvgIpc) is 2.65. The SMILES string of the molecule is COC(=O)Nc1cc(-c2ccc(OC[C@](C)(N)CC(C)C)c(CN(C)C)c2)ccn1. The number of nitrogens with two attached hydrogens (primary N) is 1. The van der Waals surface area contributed by atoms with Crippen molar-refractivity contribution in [2.45, 2.75) is 39.3 Å². The molecular weight excluding hydrogens is 380 g/mol. The van der Waals surface area contributed by atoms with Gasteiger partial charge in [0.25, 0.3) is 0 Å². The number of pyridine rings is 1. The molecule has 0 aliphatic carbocycles. The molecule has 164 valence electrons. The Morgan fingerprint density at radius 1 is 1.23 bits per heavy atom. The van der Waals surface area contributed by atoms with Gasteiger partial charge in [0.1, 0.15) is 18.2 Å². The van der Waals surface area contributed by atoms with Gasteiger partial charge in [0.2, 0.25) is 0 Å². The van der Waals surface area contributed by atoms with Crippen LogP contribution in [0.4, 0.5) is 10.6 Å². The standard InChI is InChI=1S/C23H34N4O3/c1-16(2)13-23(3,24)15-30-20-8-7-17(11-19(20)14-27(4)5)18-9-10-25-21(12-18)26-22(28)29-6/h7-12,16H,13-15,24H2,1-6H3,(H,25,26,28)/t23-/m1/s1. The predicted octanol–water partition coefficient (Wildman–Crippen LogP) is 4.13. The number of hydrogen-bond acceptors (Lipinski definition) is 6. The lowest BCUT2D eigenvalue weighted by molar-refractivity contribution is 0.187. The van der Waals surface area contributed by atoms with Gasteiger partial charge < -0.3 is 20.1 Å². The van der Waals surface area contributed by atoms with Crippen LogP contribution in [0.2, 0.25) is 0 Å². The zero-order valence-electron chi connectivity index (χ0n) is 18.9. The minimum Gasteiger partial charge on any atom is -0.491 e. The van der Waals surface area contributed by atoms with Gasteiger partial charge in [-0.05, 0) is 68.8 Å². The molecule has 2 rings (SSSR count). The van der Waals surface area contributed by atoms with Crippen LogP contribution in [0.5, 0.6) is 5.75 Å². The van der Waals surface area contributed by atoms with E-state index < -0.39 is 6.09 Å². The monoisotopic (exact) mass is 414 g/mol. The Morgan fingerprint density at radius 3 is 2.57 bits per heavy atom. The molecular formula is C23H34N4O3. The molecule has 0 bridgehead atoms. The van der Waals surface area contributed by atoms with Crippen LogP contribution >= 0.6 is 0 Å². The van der Waals surface area contributed by atoms with Crippen LogP contribution in [0, 0.1) is 5.92 Å². The zero-order valence-corrected chi connectivity index (χ0v) is 18.9. The van der Waals surface area contributed by atoms with Gasteiger partial charge in [-0.1, -0.05) is 19.9 Å². The van der Waals surface area contributed by atoms with Crippen molar-refractivity contribution < 1.29 is 14.3 Å². The highest BCUT2D eigenvalue weighted by Crippen LogP contribution is 2.29. The Balaban J connectivity index is 2.27. The first-order valence-electron chi connectivity index (χ1n) is 10.1. The number of carbonyl (C=O) groups excluding carboxylic acids is 1. The fraction of sp³-hybridized carbons (Fsp3) is 0.478. The minimum absolute atomic E-state index is 0.387. The van der Waals surface area contributed by atoms with Crippen molar-refractivity contribution in [1.82, 2.24) is 9.88 Å². The van der Waals surface area contributed by atoms with Gasteiger partial charge in [0.15, 0.2) is 0 Å². The van der Waals surface area contributed by atoms with Crippen molar-refractivity contribution in [3.63, 3.8) is 0 Å². The van der Waals surface area contributed by atoms with E-state index >= 15 is 0 Å². The number of hydrogen-bond donors (Lipinski definition) is 2. The molecule has 1 aromatic carbocycles. The van der Waals surface area contributed by atoms with Crippen molar-refractivity contribution in [3.05, 3.63) is 42.1 Å². The number of ether oxygens (including phenoxy) is 2. The van der Waals surface area contributed by atoms with Gasteiger partial charge in [-0.2, -0.15) is 0 Å². The lowest BCUT2D eigenvalue weighted by atomic mass is 9.93. The van der Waals surface area contributed by atoms with E-state index in [1.807, 2.05) is 45.3 Å². The molecule has 0 spiro atoms. The molecule has 0 unspecified atom stereocenters. The summed E-state index contributed by atoms with van der Waals surface area (Å²) in [5.74, 6) is 1.77. The molecule has 1 heterocycles. The van der Waals surface area contributed by atoms with E-state index in [1.54, 1.807) is 6.20 Å². The summed E-state index contributed by atoms with van der Waals surface area (Å²) in [5.41, 5.74) is 9.04. The molecule has 2 aromatic rings. The first-order valence-corrected chi connectivity index (χ1v) is 10.1. The maximum Gasteiger partial charge on any atom is 0.412 e. The summed E-state index contributed by atoms with van der Waals surface area (Å²) in [6.45, 7) is 7.53. The zero-order chi connectivity index (χ0) is 22.3. The van der Waals surface area contributed by atoms with Crippen LogP contribution in [-0.4, -0.2) is 49.3 Å². The third-order valence-electron chi connectivity index (χ3n) is 4.49. The number of aromatic nitrogens is 1. The molecule has 0 aliphatic heterocycles. The number of carbonyl (C=O) groups is 1. The Bertz CT molecular complexity index is 850. The Hall–Kier alpha value is -2.64. The van der Waals surface area contributed by atoms with Crippen molar-refractivity contribution in [1.29, 1.82) is 0 Å². The summed E-state index contributed by atoms with van der Waals surface area (Å²) in [6.07, 6.45) is 1.99. The number of anilines is 1. The highest BCUT2D eigenvalue weighted by molar-refractivity contribution is 5.84. The van der Waals surface area contributed by atoms with Gasteiger partial charge in [0.05, 0.1) is 7.11 Å². The number of nitrogens with one attached hydrogen (secondary N) is 1. The largest absolute Gasteiger partial charge is 0.491 e. The third kappa shape index (κ3) is 7.31. The van der Waals surface area contributed by atoms with Gasteiger partial charge in [0, 0.05) is 23.8 Å². The Morgan fingerprint density at radius 2 is 1.93 bits per heavy atom. The van der Waals surface area contributed by atoms with E-state index in [9.17, 15) is 4.79 Å². The van der Waals surface area contributed by atoms with Crippen molar-refractivity contribution in [2.24, 2.45) is 11.7 Å². The molecule has 3 N–H and O–H groups in total. The number of rotatable bonds is 9. The van der Waals surface area contributed by atoms with E-state index in [-0.39, 0.29) is 5.54 Å². The molecule has 7 heteroatoms. The second kappa shape index (κ2) is 10.4. The van der Waals surface area contributed by atoms with Crippen LogP contribution in [0.3, 0.4) is 0 Å². The van der Waals surface area contributed by atoms with Crippen LogP contribution < -0.4 is 15.8 Å². The molecule has 0 radical (unpaired) electrons. The predicted molar refractivity (Wildman–Crippen MR) is 121 cm³/mol. The summed E-state index contributed by atoms with van der Waals surface area (Å²) >= 11 is 0. The fourth-order valence-electron chi connectivity index (χ4n) is 3.43. The molecule has 0 saturated heterocycles. The number of methoxy groups -OCH3 is 1. The molecule has 1 amide bonds. The van der Waals surface area contributed by atoms with Gasteiger partial charge >= 0.3 is 6.09 Å². The van der Waals surface area contributed by atoms with Crippen molar-refractivity contribution in [3.8, 4) is 16.9 Å². The molecule has 0 aliphatic rings. The Labute approximate surface area is 179 Å². The average molecular weight is 415 g/mol. The van der Waals surface area contributed by atoms with Crippen LogP contribution in [0.1, 0.15) is 32.8 Å². The summed E-state index contributed by atoms with van der Waals surface area (Å²) in [7, 11) is 5.36. The summed E-state index contributed by atoms with van der Waals surface area (Å²) < 4.78 is 10.8. The quantitative estimate of drug-likeness (QED) is 0.641. The van der Waals surface area contributed by atoms with E-state index in [1.165, 1.54) is 7.11 Å². The molecule has 1 aromatic heterocycles. The van der Waals surface area contributed by atoms with Crippen LogP contribution in [0.15, 0.2) is 36.5 Å². The van der Waals surface area contributed by atoms with Crippen molar-refractivity contribution >= 4 is 11.9 Å². The topological polar surface area (TPSA) is 89.7 Å². The maximum atomic E-state index is 11.5. The van der Waals surface area contributed by atoms with Crippen molar-refractivity contribution in [2.75, 3.05) is 33.1 Å². The van der Waals surface area contributed by atoms with Gasteiger partial charge in [-0.15, -0.1) is 0 Å². The molecule has 0 fully saturated rings. The van der Waals surface area contributed by atoms with Crippen LogP contribution in [-0.2, 0) is 11.3 Å². The van der Waals surface area contributed by atoms with E-state index in [0.29, 0.717) is 18.3 Å². The summed E-state index contributed by atoms with van der Waals surface area (Å²) in [5, 5.41) is 2.59.